The highest BCUT2D eigenvalue weighted by Crippen LogP contribution is 2.30. The van der Waals surface area contributed by atoms with Crippen LogP contribution in [0.15, 0.2) is 59.5 Å². The van der Waals surface area contributed by atoms with E-state index in [1.807, 2.05) is 30.3 Å². The van der Waals surface area contributed by atoms with E-state index in [9.17, 15) is 14.0 Å². The Kier molecular flexibility index (Phi) is 5.30. The summed E-state index contributed by atoms with van der Waals surface area (Å²) in [5.74, 6) is -0.900. The van der Waals surface area contributed by atoms with Gasteiger partial charge in [-0.25, -0.2) is 4.39 Å². The van der Waals surface area contributed by atoms with E-state index in [4.69, 9.17) is 0 Å². The highest BCUT2D eigenvalue weighted by atomic mass is 32.2. The van der Waals surface area contributed by atoms with Crippen molar-refractivity contribution < 1.29 is 14.0 Å². The molecular weight excluding hydrogens is 325 g/mol. The molecule has 1 atom stereocenters. The molecule has 0 saturated carbocycles. The van der Waals surface area contributed by atoms with Crippen LogP contribution in [-0.2, 0) is 4.79 Å². The molecular formula is C19H18FNO2S. The Labute approximate surface area is 144 Å². The highest BCUT2D eigenvalue weighted by molar-refractivity contribution is 8.00. The van der Waals surface area contributed by atoms with Gasteiger partial charge in [-0.05, 0) is 49.2 Å². The fourth-order valence-corrected chi connectivity index (χ4v) is 3.89. The summed E-state index contributed by atoms with van der Waals surface area (Å²) in [6, 6.07) is 15.1. The van der Waals surface area contributed by atoms with Crippen LogP contribution in [-0.4, -0.2) is 28.5 Å². The van der Waals surface area contributed by atoms with Crippen molar-refractivity contribution >= 4 is 23.6 Å². The van der Waals surface area contributed by atoms with Gasteiger partial charge in [0.2, 0.25) is 5.91 Å². The first-order valence-electron chi connectivity index (χ1n) is 7.98. The maximum atomic E-state index is 13.0. The molecule has 5 heteroatoms. The van der Waals surface area contributed by atoms with Crippen LogP contribution in [0.2, 0.25) is 0 Å². The SMILES string of the molecule is O=C(c1ccc(F)cc1)N1CCCC[C@H](Sc2ccccc2)C1=O. The number of hydrogen-bond acceptors (Lipinski definition) is 3. The molecule has 2 aromatic carbocycles. The molecule has 0 aromatic heterocycles. The summed E-state index contributed by atoms with van der Waals surface area (Å²) in [7, 11) is 0. The fraction of sp³-hybridized carbons (Fsp3) is 0.263. The second kappa shape index (κ2) is 7.62. The number of nitrogens with zero attached hydrogens (tertiary/aromatic N) is 1. The second-order valence-electron chi connectivity index (χ2n) is 5.72. The van der Waals surface area contributed by atoms with Crippen LogP contribution >= 0.6 is 11.8 Å². The van der Waals surface area contributed by atoms with E-state index in [-0.39, 0.29) is 17.1 Å². The Balaban J connectivity index is 1.78. The van der Waals surface area contributed by atoms with Gasteiger partial charge in [-0.2, -0.15) is 0 Å². The third-order valence-corrected chi connectivity index (χ3v) is 5.26. The number of imide groups is 1. The molecule has 1 fully saturated rings. The van der Waals surface area contributed by atoms with Crippen molar-refractivity contribution in [1.82, 2.24) is 4.90 Å². The molecule has 1 heterocycles. The first kappa shape index (κ1) is 16.7. The summed E-state index contributed by atoms with van der Waals surface area (Å²) >= 11 is 1.50. The van der Waals surface area contributed by atoms with Crippen molar-refractivity contribution in [2.45, 2.75) is 29.4 Å². The van der Waals surface area contributed by atoms with Crippen molar-refractivity contribution in [3.63, 3.8) is 0 Å². The molecule has 124 valence electrons. The lowest BCUT2D eigenvalue weighted by molar-refractivity contribution is -0.127. The summed E-state index contributed by atoms with van der Waals surface area (Å²) in [5, 5.41) is -0.265. The van der Waals surface area contributed by atoms with E-state index in [1.165, 1.54) is 40.9 Å². The van der Waals surface area contributed by atoms with Crippen molar-refractivity contribution in [3.05, 3.63) is 66.0 Å². The average Bonchev–Trinajstić information content (AvgIpc) is 2.78. The molecule has 0 unspecified atom stereocenters. The molecule has 1 saturated heterocycles. The molecule has 0 bridgehead atoms. The minimum Gasteiger partial charge on any atom is -0.278 e. The molecule has 0 radical (unpaired) electrons. The zero-order valence-corrected chi connectivity index (χ0v) is 14.0. The Morgan fingerprint density at radius 2 is 1.75 bits per heavy atom. The predicted molar refractivity (Wildman–Crippen MR) is 92.4 cm³/mol. The number of halogens is 1. The minimum atomic E-state index is -0.397. The van der Waals surface area contributed by atoms with E-state index in [0.717, 1.165) is 24.2 Å². The lowest BCUT2D eigenvalue weighted by atomic mass is 10.2. The van der Waals surface area contributed by atoms with Gasteiger partial charge in [-0.1, -0.05) is 24.6 Å². The number of carbonyl (C=O) groups excluding carboxylic acids is 2. The van der Waals surface area contributed by atoms with Crippen LogP contribution in [0.3, 0.4) is 0 Å². The van der Waals surface area contributed by atoms with Gasteiger partial charge in [0, 0.05) is 17.0 Å². The number of hydrogen-bond donors (Lipinski definition) is 0. The minimum absolute atomic E-state index is 0.157. The van der Waals surface area contributed by atoms with Gasteiger partial charge >= 0.3 is 0 Å². The van der Waals surface area contributed by atoms with Gasteiger partial charge < -0.3 is 0 Å². The zero-order valence-electron chi connectivity index (χ0n) is 13.2. The van der Waals surface area contributed by atoms with Gasteiger partial charge in [0.15, 0.2) is 0 Å². The van der Waals surface area contributed by atoms with Gasteiger partial charge in [-0.3, -0.25) is 14.5 Å². The monoisotopic (exact) mass is 343 g/mol. The molecule has 2 amide bonds. The van der Waals surface area contributed by atoms with Crippen LogP contribution < -0.4 is 0 Å². The molecule has 2 aromatic rings. The summed E-state index contributed by atoms with van der Waals surface area (Å²) in [4.78, 5) is 27.8. The molecule has 1 aliphatic rings. The number of carbonyl (C=O) groups is 2. The average molecular weight is 343 g/mol. The fourth-order valence-electron chi connectivity index (χ4n) is 2.73. The van der Waals surface area contributed by atoms with Crippen LogP contribution in [0.4, 0.5) is 4.39 Å². The Hall–Kier alpha value is -2.14. The van der Waals surface area contributed by atoms with E-state index in [2.05, 4.69) is 0 Å². The van der Waals surface area contributed by atoms with E-state index >= 15 is 0 Å². The number of rotatable bonds is 3. The Bertz CT molecular complexity index is 718. The van der Waals surface area contributed by atoms with Crippen molar-refractivity contribution in [1.29, 1.82) is 0 Å². The van der Waals surface area contributed by atoms with Gasteiger partial charge in [0.05, 0.1) is 5.25 Å². The first-order chi connectivity index (χ1) is 11.6. The van der Waals surface area contributed by atoms with Crippen molar-refractivity contribution in [2.75, 3.05) is 6.54 Å². The molecule has 0 aliphatic carbocycles. The number of benzene rings is 2. The lowest BCUT2D eigenvalue weighted by Gasteiger charge is -2.22. The summed E-state index contributed by atoms with van der Waals surface area (Å²) in [6.07, 6.45) is 2.46. The zero-order chi connectivity index (χ0) is 16.9. The number of thioether (sulfide) groups is 1. The molecule has 3 nitrogen and oxygen atoms in total. The third kappa shape index (κ3) is 3.85. The van der Waals surface area contributed by atoms with Gasteiger partial charge in [-0.15, -0.1) is 11.8 Å². The summed E-state index contributed by atoms with van der Waals surface area (Å²) in [6.45, 7) is 0.418. The summed E-state index contributed by atoms with van der Waals surface area (Å²) < 4.78 is 13.0. The van der Waals surface area contributed by atoms with Crippen LogP contribution in [0.25, 0.3) is 0 Å². The normalized spacial score (nSPS) is 18.3. The van der Waals surface area contributed by atoms with Crippen molar-refractivity contribution in [2.24, 2.45) is 0 Å². The largest absolute Gasteiger partial charge is 0.278 e. The Morgan fingerprint density at radius 3 is 2.46 bits per heavy atom. The number of amides is 2. The molecule has 0 spiro atoms. The molecule has 24 heavy (non-hydrogen) atoms. The number of likely N-dealkylation sites (tertiary alicyclic amines) is 1. The molecule has 3 rings (SSSR count). The summed E-state index contributed by atoms with van der Waals surface area (Å²) in [5.41, 5.74) is 0.343. The van der Waals surface area contributed by atoms with Crippen LogP contribution in [0, 0.1) is 5.82 Å². The topological polar surface area (TPSA) is 37.4 Å². The van der Waals surface area contributed by atoms with E-state index in [0.29, 0.717) is 12.1 Å². The van der Waals surface area contributed by atoms with Crippen molar-refractivity contribution in [3.8, 4) is 0 Å². The smallest absolute Gasteiger partial charge is 0.260 e. The van der Waals surface area contributed by atoms with Crippen LogP contribution in [0.5, 0.6) is 0 Å². The predicted octanol–water partition coefficient (Wildman–Crippen LogP) is 4.14. The highest BCUT2D eigenvalue weighted by Gasteiger charge is 2.32. The van der Waals surface area contributed by atoms with Gasteiger partial charge in [0.25, 0.3) is 5.91 Å². The van der Waals surface area contributed by atoms with Gasteiger partial charge in [0.1, 0.15) is 5.82 Å². The maximum absolute atomic E-state index is 13.0. The lowest BCUT2D eigenvalue weighted by Crippen LogP contribution is -2.41. The van der Waals surface area contributed by atoms with E-state index in [1.54, 1.807) is 0 Å². The Morgan fingerprint density at radius 1 is 1.04 bits per heavy atom. The second-order valence-corrected chi connectivity index (χ2v) is 6.99. The third-order valence-electron chi connectivity index (χ3n) is 4.00. The van der Waals surface area contributed by atoms with Crippen LogP contribution in [0.1, 0.15) is 29.6 Å². The standard InChI is InChI=1S/C19H18FNO2S/c20-15-11-9-14(10-12-15)18(22)21-13-5-4-8-17(19(21)23)24-16-6-2-1-3-7-16/h1-3,6-7,9-12,17H,4-5,8,13H2/t17-/m0/s1. The molecule has 0 N–H and O–H groups in total. The van der Waals surface area contributed by atoms with E-state index < -0.39 is 5.82 Å². The molecule has 1 aliphatic heterocycles. The quantitative estimate of drug-likeness (QED) is 0.786. The maximum Gasteiger partial charge on any atom is 0.260 e. The first-order valence-corrected chi connectivity index (χ1v) is 8.86.